The van der Waals surface area contributed by atoms with Crippen molar-refractivity contribution >= 4 is 34.9 Å². The molecule has 9 heteroatoms. The summed E-state index contributed by atoms with van der Waals surface area (Å²) < 4.78 is 1.78. The second-order valence-corrected chi connectivity index (χ2v) is 7.15. The first-order valence-electron chi connectivity index (χ1n) is 8.70. The molecule has 1 aromatic carbocycles. The van der Waals surface area contributed by atoms with Crippen molar-refractivity contribution in [2.24, 2.45) is 0 Å². The van der Waals surface area contributed by atoms with Gasteiger partial charge < -0.3 is 10.6 Å². The molecule has 2 N–H and O–H groups in total. The third kappa shape index (κ3) is 4.79. The molecule has 0 unspecified atom stereocenters. The number of aromatic nitrogens is 4. The molecule has 3 rings (SSSR count). The Labute approximate surface area is 173 Å². The van der Waals surface area contributed by atoms with Crippen molar-refractivity contribution in [1.29, 1.82) is 0 Å². The van der Waals surface area contributed by atoms with Gasteiger partial charge in [0.2, 0.25) is 0 Å². The van der Waals surface area contributed by atoms with Gasteiger partial charge >= 0.3 is 0 Å². The van der Waals surface area contributed by atoms with Crippen LogP contribution in [0.1, 0.15) is 27.6 Å². The summed E-state index contributed by atoms with van der Waals surface area (Å²) >= 11 is 12.0. The summed E-state index contributed by atoms with van der Waals surface area (Å²) in [6, 6.07) is 8.59. The number of rotatable bonds is 6. The van der Waals surface area contributed by atoms with E-state index in [4.69, 9.17) is 23.2 Å². The number of benzene rings is 1. The fraction of sp³-hybridized carbons (Fsp3) is 0.263. The number of aryl methyl sites for hydroxylation is 3. The average molecular weight is 419 g/mol. The Morgan fingerprint density at radius 1 is 1.07 bits per heavy atom. The quantitative estimate of drug-likeness (QED) is 0.595. The predicted octanol–water partition coefficient (Wildman–Crippen LogP) is 3.74. The number of amides is 1. The van der Waals surface area contributed by atoms with Crippen molar-refractivity contribution in [3.8, 4) is 5.82 Å². The summed E-state index contributed by atoms with van der Waals surface area (Å²) in [4.78, 5) is 21.1. The maximum Gasteiger partial charge on any atom is 0.252 e. The summed E-state index contributed by atoms with van der Waals surface area (Å²) in [5.74, 6) is 1.69. The fourth-order valence-corrected chi connectivity index (χ4v) is 3.12. The minimum Gasteiger partial charge on any atom is -0.368 e. The standard InChI is InChI=1S/C19H20Cl2N6O/c1-11-8-12(2)27(26-11)18-10-17(24-13(3)25-18)22-6-7-23-19(28)15-9-14(20)4-5-16(15)21/h4-5,8-10H,6-7H2,1-3H3,(H,23,28)(H,22,24,25). The molecular formula is C19H20Cl2N6O. The molecule has 28 heavy (non-hydrogen) atoms. The van der Waals surface area contributed by atoms with E-state index < -0.39 is 0 Å². The third-order valence-corrected chi connectivity index (χ3v) is 4.51. The molecule has 146 valence electrons. The van der Waals surface area contributed by atoms with Gasteiger partial charge in [0.1, 0.15) is 11.6 Å². The molecule has 3 aromatic rings. The van der Waals surface area contributed by atoms with Crippen molar-refractivity contribution in [3.05, 3.63) is 63.2 Å². The van der Waals surface area contributed by atoms with Crippen LogP contribution in [0.15, 0.2) is 30.3 Å². The first kappa shape index (κ1) is 20.1. The minimum atomic E-state index is -0.281. The van der Waals surface area contributed by atoms with Crippen LogP contribution in [0.25, 0.3) is 5.82 Å². The molecule has 0 aliphatic rings. The number of nitrogens with one attached hydrogen (secondary N) is 2. The van der Waals surface area contributed by atoms with Gasteiger partial charge in [0.05, 0.1) is 16.3 Å². The maximum absolute atomic E-state index is 12.2. The highest BCUT2D eigenvalue weighted by Crippen LogP contribution is 2.20. The van der Waals surface area contributed by atoms with Crippen LogP contribution < -0.4 is 10.6 Å². The molecule has 1 amide bonds. The molecule has 0 bridgehead atoms. The van der Waals surface area contributed by atoms with Gasteiger partial charge in [-0.25, -0.2) is 14.6 Å². The first-order valence-corrected chi connectivity index (χ1v) is 9.45. The van der Waals surface area contributed by atoms with Crippen molar-refractivity contribution in [2.75, 3.05) is 18.4 Å². The highest BCUT2D eigenvalue weighted by molar-refractivity contribution is 6.35. The Morgan fingerprint density at radius 2 is 1.86 bits per heavy atom. The van der Waals surface area contributed by atoms with Gasteiger partial charge in [-0.05, 0) is 45.0 Å². The van der Waals surface area contributed by atoms with E-state index in [-0.39, 0.29) is 5.91 Å². The number of carbonyl (C=O) groups is 1. The van der Waals surface area contributed by atoms with Gasteiger partial charge in [-0.15, -0.1) is 0 Å². The van der Waals surface area contributed by atoms with Crippen LogP contribution >= 0.6 is 23.2 Å². The Morgan fingerprint density at radius 3 is 2.57 bits per heavy atom. The highest BCUT2D eigenvalue weighted by atomic mass is 35.5. The average Bonchev–Trinajstić information content (AvgIpc) is 2.98. The Balaban J connectivity index is 1.61. The van der Waals surface area contributed by atoms with Crippen molar-refractivity contribution in [3.63, 3.8) is 0 Å². The number of hydrogen-bond donors (Lipinski definition) is 2. The molecule has 0 radical (unpaired) electrons. The van der Waals surface area contributed by atoms with Crippen LogP contribution in [0, 0.1) is 20.8 Å². The van der Waals surface area contributed by atoms with E-state index in [1.807, 2.05) is 32.9 Å². The van der Waals surface area contributed by atoms with Crippen molar-refractivity contribution in [2.45, 2.75) is 20.8 Å². The van der Waals surface area contributed by atoms with Crippen molar-refractivity contribution < 1.29 is 4.79 Å². The molecule has 0 saturated carbocycles. The van der Waals surface area contributed by atoms with Crippen LogP contribution in [0.4, 0.5) is 5.82 Å². The van der Waals surface area contributed by atoms with Gasteiger partial charge in [0.15, 0.2) is 5.82 Å². The van der Waals surface area contributed by atoms with E-state index in [1.54, 1.807) is 22.9 Å². The molecule has 0 aliphatic heterocycles. The van der Waals surface area contributed by atoms with E-state index in [9.17, 15) is 4.79 Å². The Kier molecular flexibility index (Phi) is 6.16. The molecule has 7 nitrogen and oxygen atoms in total. The summed E-state index contributed by atoms with van der Waals surface area (Å²) in [5, 5.41) is 11.3. The summed E-state index contributed by atoms with van der Waals surface area (Å²) in [6.07, 6.45) is 0. The number of nitrogens with zero attached hydrogens (tertiary/aromatic N) is 4. The monoisotopic (exact) mass is 418 g/mol. The van der Waals surface area contributed by atoms with Crippen LogP contribution in [-0.4, -0.2) is 38.7 Å². The molecule has 0 fully saturated rings. The van der Waals surface area contributed by atoms with Crippen molar-refractivity contribution in [1.82, 2.24) is 25.1 Å². The fourth-order valence-electron chi connectivity index (χ4n) is 2.75. The van der Waals surface area contributed by atoms with Crippen LogP contribution in [0.2, 0.25) is 10.0 Å². The Bertz CT molecular complexity index is 1020. The van der Waals surface area contributed by atoms with E-state index in [1.165, 1.54) is 0 Å². The number of hydrogen-bond acceptors (Lipinski definition) is 5. The highest BCUT2D eigenvalue weighted by Gasteiger charge is 2.11. The van der Waals surface area contributed by atoms with Gasteiger partial charge in [-0.1, -0.05) is 23.2 Å². The summed E-state index contributed by atoms with van der Waals surface area (Å²) in [5.41, 5.74) is 2.26. The molecule has 2 heterocycles. The van der Waals surface area contributed by atoms with Crippen LogP contribution in [0.3, 0.4) is 0 Å². The van der Waals surface area contributed by atoms with Gasteiger partial charge in [0, 0.05) is 29.9 Å². The lowest BCUT2D eigenvalue weighted by molar-refractivity contribution is 0.0955. The second kappa shape index (κ2) is 8.58. The molecule has 0 saturated heterocycles. The zero-order chi connectivity index (χ0) is 20.3. The minimum absolute atomic E-state index is 0.281. The number of anilines is 1. The lowest BCUT2D eigenvalue weighted by Gasteiger charge is -2.11. The number of halogens is 2. The molecule has 0 atom stereocenters. The SMILES string of the molecule is Cc1cc(C)n(-c2cc(NCCNC(=O)c3cc(Cl)ccc3Cl)nc(C)n2)n1. The lowest BCUT2D eigenvalue weighted by atomic mass is 10.2. The van der Waals surface area contributed by atoms with Gasteiger partial charge in [0.25, 0.3) is 5.91 Å². The third-order valence-electron chi connectivity index (χ3n) is 3.94. The zero-order valence-corrected chi connectivity index (χ0v) is 17.3. The lowest BCUT2D eigenvalue weighted by Crippen LogP contribution is -2.29. The maximum atomic E-state index is 12.2. The van der Waals surface area contributed by atoms with Crippen LogP contribution in [-0.2, 0) is 0 Å². The smallest absolute Gasteiger partial charge is 0.252 e. The summed E-state index contributed by atoms with van der Waals surface area (Å²) in [6.45, 7) is 6.60. The Hall–Kier alpha value is -2.64. The van der Waals surface area contributed by atoms with Gasteiger partial charge in [-0.3, -0.25) is 4.79 Å². The molecular weight excluding hydrogens is 399 g/mol. The number of carbonyl (C=O) groups excluding carboxylic acids is 1. The van der Waals surface area contributed by atoms with Crippen LogP contribution in [0.5, 0.6) is 0 Å². The predicted molar refractivity (Wildman–Crippen MR) is 111 cm³/mol. The first-order chi connectivity index (χ1) is 13.3. The molecule has 0 spiro atoms. The largest absolute Gasteiger partial charge is 0.368 e. The molecule has 2 aromatic heterocycles. The van der Waals surface area contributed by atoms with E-state index in [0.29, 0.717) is 46.2 Å². The molecule has 0 aliphatic carbocycles. The zero-order valence-electron chi connectivity index (χ0n) is 15.8. The van der Waals surface area contributed by atoms with Gasteiger partial charge in [-0.2, -0.15) is 5.10 Å². The summed E-state index contributed by atoms with van der Waals surface area (Å²) in [7, 11) is 0. The van der Waals surface area contributed by atoms with E-state index in [0.717, 1.165) is 11.4 Å². The van der Waals surface area contributed by atoms with E-state index >= 15 is 0 Å². The topological polar surface area (TPSA) is 84.7 Å². The second-order valence-electron chi connectivity index (χ2n) is 6.30. The van der Waals surface area contributed by atoms with E-state index in [2.05, 4.69) is 25.7 Å². The normalized spacial score (nSPS) is 10.8.